The van der Waals surface area contributed by atoms with Gasteiger partial charge in [-0.1, -0.05) is 0 Å². The average molecular weight is 1560 g/mol. The third-order valence-electron chi connectivity index (χ3n) is 18.5. The molecule has 0 saturated carbocycles. The number of anilines is 1. The van der Waals surface area contributed by atoms with Gasteiger partial charge in [0, 0.05) is 30.4 Å². The van der Waals surface area contributed by atoms with Gasteiger partial charge in [0.2, 0.25) is 5.72 Å². The van der Waals surface area contributed by atoms with E-state index in [0.717, 1.165) is 11.3 Å². The first-order valence-corrected chi connectivity index (χ1v) is 35.0. The van der Waals surface area contributed by atoms with Gasteiger partial charge in [0.25, 0.3) is 5.69 Å². The Morgan fingerprint density at radius 3 is 0.921 bits per heavy atom. The summed E-state index contributed by atoms with van der Waals surface area (Å²) in [6.07, 6.45) is 3.76. The molecule has 11 rings (SSSR count). The lowest BCUT2D eigenvalue weighted by atomic mass is 9.76. The summed E-state index contributed by atoms with van der Waals surface area (Å²) in [6.45, 7) is 3.33. The number of carbonyl (C=O) groups excluding carboxylic acids is 8. The summed E-state index contributed by atoms with van der Waals surface area (Å²) in [5, 5.41) is 11.6. The van der Waals surface area contributed by atoms with E-state index in [-0.39, 0.29) is 126 Å². The average Bonchev–Trinajstić information content (AvgIpc) is 1.54. The van der Waals surface area contributed by atoms with Crippen molar-refractivity contribution in [2.24, 2.45) is 0 Å². The molecule has 0 amide bonds. The molecule has 29 nitrogen and oxygen atoms in total. The largest absolute Gasteiger partial charge is 0.490 e. The molecule has 0 N–H and O–H groups in total. The van der Waals surface area contributed by atoms with Gasteiger partial charge in [-0.25, -0.2) is 38.4 Å². The zero-order valence-electron chi connectivity index (χ0n) is 63.8. The standard InChI is InChI=1S/C85H78N2O27/c1-84(2)73-42-65(13-14-74(73)86(3)85(84)17-16-55-33-64(87(96)97)12-15-75(55)114-85)106-18-19-107-66-23-49(43-108-67-25-51(45-110-69-34-56(76(88)98-4)29-57(35-69)77(89)99-5)21-52(26-67)46-111-70-36-58(78(90)100-6)30-59(37-70)79(91)101-7)20-50(24-66)44-109-68-27-53(47-112-71-38-60(80(92)102-8)31-61(39-71)81(93)103-9)22-54(28-68)48-113-72-40-62(82(94)104-10)32-63(41-72)83(95)105-11/h12-17,20-42H,18-19,43-48H2,1-11H3. The molecule has 590 valence electrons. The number of fused-ring (bicyclic) bond motifs is 2. The molecule has 0 radical (unpaired) electrons. The second-order valence-electron chi connectivity index (χ2n) is 26.3. The second-order valence-corrected chi connectivity index (χ2v) is 26.3. The smallest absolute Gasteiger partial charge is 0.338 e. The van der Waals surface area contributed by atoms with E-state index in [1.54, 1.807) is 54.6 Å². The number of ether oxygens (including phenoxy) is 17. The maximum Gasteiger partial charge on any atom is 0.338 e. The minimum Gasteiger partial charge on any atom is -0.490 e. The van der Waals surface area contributed by atoms with Crippen LogP contribution in [0, 0.1) is 10.1 Å². The molecule has 2 heterocycles. The predicted octanol–water partition coefficient (Wildman–Crippen LogP) is 13.3. The van der Waals surface area contributed by atoms with Crippen LogP contribution in [0.2, 0.25) is 0 Å². The van der Waals surface area contributed by atoms with Gasteiger partial charge in [-0.2, -0.15) is 0 Å². The van der Waals surface area contributed by atoms with Crippen LogP contribution in [-0.2, 0) is 83.0 Å². The predicted molar refractivity (Wildman–Crippen MR) is 406 cm³/mol. The number of nitrogens with zero attached hydrogens (tertiary/aromatic N) is 2. The SMILES string of the molecule is COC(=O)c1cc(OCc2cc(COc3cc(C(=O)OC)cc(C(=O)OC)c3)cc(OCc3cc(COc4cc(COc5cc(C(=O)OC)cc(C(=O)OC)c5)cc(COc5cc(C(=O)OC)cc(C(=O)OC)c5)c4)cc(OCCOc4ccc5c(c4)C(C)(C)C4(C=Cc6cc([N+](=O)[O-])ccc6O4)N5C)c3)c2)cc(C(=O)OC)c1. The number of nitro benzene ring substituents is 1. The normalized spacial score (nSPS) is 13.3. The highest BCUT2D eigenvalue weighted by Crippen LogP contribution is 2.55. The van der Waals surface area contributed by atoms with Crippen LogP contribution in [0.5, 0.6) is 51.7 Å². The molecule has 29 heteroatoms. The number of likely N-dealkylation sites (N-methyl/N-ethyl adjacent to an activating group) is 1. The van der Waals surface area contributed by atoms with Crippen molar-refractivity contribution in [1.82, 2.24) is 0 Å². The van der Waals surface area contributed by atoms with Crippen molar-refractivity contribution in [3.05, 3.63) is 269 Å². The number of carbonyl (C=O) groups is 8. The molecule has 2 aliphatic rings. The molecule has 0 fully saturated rings. The van der Waals surface area contributed by atoms with E-state index in [0.29, 0.717) is 67.7 Å². The van der Waals surface area contributed by atoms with Gasteiger partial charge >= 0.3 is 47.8 Å². The molecule has 0 saturated heterocycles. The van der Waals surface area contributed by atoms with Crippen molar-refractivity contribution in [3.63, 3.8) is 0 Å². The first-order chi connectivity index (χ1) is 54.8. The third-order valence-corrected chi connectivity index (χ3v) is 18.5. The van der Waals surface area contributed by atoms with Gasteiger partial charge in [0.1, 0.15) is 105 Å². The van der Waals surface area contributed by atoms with Crippen molar-refractivity contribution in [2.75, 3.05) is 82.0 Å². The molecule has 9 aromatic rings. The van der Waals surface area contributed by atoms with Gasteiger partial charge < -0.3 is 85.4 Å². The molecular formula is C85H78N2O27. The van der Waals surface area contributed by atoms with Gasteiger partial charge in [-0.15, -0.1) is 0 Å². The van der Waals surface area contributed by atoms with Crippen LogP contribution in [-0.4, -0.2) is 136 Å². The number of non-ortho nitro benzene ring substituents is 1. The van der Waals surface area contributed by atoms with E-state index in [4.69, 9.17) is 80.5 Å². The Bertz CT molecular complexity index is 4680. The number of benzene rings is 9. The number of esters is 8. The van der Waals surface area contributed by atoms with E-state index in [9.17, 15) is 48.5 Å². The number of nitro groups is 1. The van der Waals surface area contributed by atoms with Crippen LogP contribution in [0.4, 0.5) is 11.4 Å². The Kier molecular flexibility index (Phi) is 25.3. The van der Waals surface area contributed by atoms with Crippen molar-refractivity contribution in [1.29, 1.82) is 0 Å². The Morgan fingerprint density at radius 2 is 0.632 bits per heavy atom. The fourth-order valence-electron chi connectivity index (χ4n) is 12.9. The number of rotatable bonds is 32. The Balaban J connectivity index is 0.910. The molecule has 1 spiro atoms. The van der Waals surface area contributed by atoms with Crippen molar-refractivity contribution >= 4 is 65.2 Å². The van der Waals surface area contributed by atoms with E-state index >= 15 is 0 Å². The first kappa shape index (κ1) is 80.9. The minimum absolute atomic E-state index is 0.0166. The molecule has 9 aromatic carbocycles. The van der Waals surface area contributed by atoms with Crippen LogP contribution < -0.4 is 47.5 Å². The van der Waals surface area contributed by atoms with E-state index in [1.165, 1.54) is 142 Å². The molecule has 2 aliphatic heterocycles. The fraction of sp³-hybridized carbons (Fsp3) is 0.247. The minimum atomic E-state index is -1.00. The Hall–Kier alpha value is -14.1. The van der Waals surface area contributed by atoms with Crippen LogP contribution >= 0.6 is 0 Å². The Morgan fingerprint density at radius 1 is 0.351 bits per heavy atom. The highest BCUT2D eigenvalue weighted by Gasteiger charge is 2.58. The zero-order chi connectivity index (χ0) is 81.5. The molecular weight excluding hydrogens is 1480 g/mol. The quantitative estimate of drug-likeness (QED) is 0.0124. The van der Waals surface area contributed by atoms with Gasteiger partial charge in [0.15, 0.2) is 0 Å². The number of hydrogen-bond donors (Lipinski definition) is 0. The summed E-state index contributed by atoms with van der Waals surface area (Å²) in [4.78, 5) is 116. The van der Waals surface area contributed by atoms with Gasteiger partial charge in [0.05, 0.1) is 112 Å². The lowest BCUT2D eigenvalue weighted by Gasteiger charge is -2.45. The molecule has 0 aromatic heterocycles. The summed E-state index contributed by atoms with van der Waals surface area (Å²) in [5.41, 5.74) is 3.97. The lowest BCUT2D eigenvalue weighted by Crippen LogP contribution is -2.58. The highest BCUT2D eigenvalue weighted by molar-refractivity contribution is 5.99. The Labute approximate surface area is 653 Å². The van der Waals surface area contributed by atoms with Crippen molar-refractivity contribution < 1.29 is 124 Å². The molecule has 0 aliphatic carbocycles. The van der Waals surface area contributed by atoms with Crippen LogP contribution in [0.25, 0.3) is 6.08 Å². The van der Waals surface area contributed by atoms with Gasteiger partial charge in [-0.05, 0) is 217 Å². The summed E-state index contributed by atoms with van der Waals surface area (Å²) in [5.74, 6) is -3.41. The molecule has 1 atom stereocenters. The van der Waals surface area contributed by atoms with E-state index in [1.807, 2.05) is 48.4 Å². The first-order valence-electron chi connectivity index (χ1n) is 35.0. The molecule has 0 bridgehead atoms. The number of methoxy groups -OCH3 is 8. The maximum absolute atomic E-state index is 12.8. The third kappa shape index (κ3) is 18.8. The lowest BCUT2D eigenvalue weighted by molar-refractivity contribution is -0.384. The maximum atomic E-state index is 12.8. The van der Waals surface area contributed by atoms with Gasteiger partial charge in [-0.3, -0.25) is 10.1 Å². The monoisotopic (exact) mass is 1560 g/mol. The van der Waals surface area contributed by atoms with Crippen molar-refractivity contribution in [3.8, 4) is 51.7 Å². The topological polar surface area (TPSA) is 340 Å². The molecule has 114 heavy (non-hydrogen) atoms. The second kappa shape index (κ2) is 35.7. The number of hydrogen-bond acceptors (Lipinski definition) is 28. The summed E-state index contributed by atoms with van der Waals surface area (Å²) in [7, 11) is 11.5. The fourth-order valence-corrected chi connectivity index (χ4v) is 12.9. The van der Waals surface area contributed by atoms with Crippen LogP contribution in [0.1, 0.15) is 141 Å². The van der Waals surface area contributed by atoms with E-state index in [2.05, 4.69) is 13.8 Å². The summed E-state index contributed by atoms with van der Waals surface area (Å²) in [6, 6.07) is 42.4. The van der Waals surface area contributed by atoms with Crippen LogP contribution in [0.3, 0.4) is 0 Å². The van der Waals surface area contributed by atoms with E-state index < -0.39 is 63.8 Å². The van der Waals surface area contributed by atoms with Crippen molar-refractivity contribution in [2.45, 2.75) is 64.6 Å². The summed E-state index contributed by atoms with van der Waals surface area (Å²) >= 11 is 0. The zero-order valence-corrected chi connectivity index (χ0v) is 63.8. The highest BCUT2D eigenvalue weighted by atomic mass is 16.6. The van der Waals surface area contributed by atoms with Crippen LogP contribution in [0.15, 0.2) is 170 Å². The molecule has 1 unspecified atom stereocenters. The summed E-state index contributed by atoms with van der Waals surface area (Å²) < 4.78 is 97.5.